The monoisotopic (exact) mass is 495 g/mol. The van der Waals surface area contributed by atoms with Crippen LogP contribution in [0.15, 0.2) is 0 Å². The maximum absolute atomic E-state index is 13.7. The molecule has 2 saturated carbocycles. The van der Waals surface area contributed by atoms with Crippen LogP contribution in [0.25, 0.3) is 0 Å². The number of fused-ring (bicyclic) bond motifs is 1. The SMILES string of the molecule is N=C(N)C1CCC2CC(C(=O)N3CCC(CCN)CC3)N(CCS(=O)(=O)C3CCCCC3)C2C1. The fourth-order valence-corrected chi connectivity index (χ4v) is 8.95. The van der Waals surface area contributed by atoms with Crippen molar-refractivity contribution in [2.45, 2.75) is 94.4 Å². The van der Waals surface area contributed by atoms with E-state index < -0.39 is 9.84 Å². The number of carbonyl (C=O) groups is 1. The number of sulfone groups is 1. The van der Waals surface area contributed by atoms with E-state index in [2.05, 4.69) is 4.90 Å². The van der Waals surface area contributed by atoms with Crippen LogP contribution in [-0.4, -0.2) is 79.2 Å². The summed E-state index contributed by atoms with van der Waals surface area (Å²) >= 11 is 0. The van der Waals surface area contributed by atoms with Gasteiger partial charge in [0.25, 0.3) is 0 Å². The number of hydrogen-bond donors (Lipinski definition) is 3. The molecule has 0 radical (unpaired) electrons. The number of nitrogens with two attached hydrogens (primary N) is 2. The summed E-state index contributed by atoms with van der Waals surface area (Å²) in [5, 5.41) is 7.75. The predicted octanol–water partition coefficient (Wildman–Crippen LogP) is 2.12. The number of likely N-dealkylation sites (tertiary alicyclic amines) is 2. The first kappa shape index (κ1) is 25.9. The predicted molar refractivity (Wildman–Crippen MR) is 135 cm³/mol. The molecule has 2 aliphatic carbocycles. The standard InChI is InChI=1S/C25H45N5O3S/c26-11-8-18-9-12-29(13-10-18)25(31)23-16-19-6-7-20(24(27)28)17-22(19)30(23)14-15-34(32,33)21-4-2-1-3-5-21/h18-23H,1-17,26H2,(H3,27,28). The Balaban J connectivity index is 1.46. The van der Waals surface area contributed by atoms with E-state index in [1.807, 2.05) is 4.90 Å². The van der Waals surface area contributed by atoms with Gasteiger partial charge in [-0.2, -0.15) is 0 Å². The molecule has 4 unspecified atom stereocenters. The van der Waals surface area contributed by atoms with E-state index in [9.17, 15) is 13.2 Å². The number of hydrogen-bond acceptors (Lipinski definition) is 6. The van der Waals surface area contributed by atoms with Crippen LogP contribution in [-0.2, 0) is 14.6 Å². The van der Waals surface area contributed by atoms with E-state index in [0.717, 1.165) is 90.1 Å². The molecule has 0 bridgehead atoms. The molecule has 2 aliphatic heterocycles. The summed E-state index contributed by atoms with van der Waals surface area (Å²) in [6, 6.07) is -0.0961. The number of piperidine rings is 1. The van der Waals surface area contributed by atoms with Crippen LogP contribution in [0.4, 0.5) is 0 Å². The molecule has 0 aromatic heterocycles. The molecule has 0 spiro atoms. The Morgan fingerprint density at radius 2 is 1.68 bits per heavy atom. The van der Waals surface area contributed by atoms with Gasteiger partial charge in [-0.25, -0.2) is 8.42 Å². The summed E-state index contributed by atoms with van der Waals surface area (Å²) < 4.78 is 26.3. The first-order chi connectivity index (χ1) is 16.3. The van der Waals surface area contributed by atoms with Crippen molar-refractivity contribution in [3.05, 3.63) is 0 Å². The first-order valence-electron chi connectivity index (χ1n) is 13.6. The van der Waals surface area contributed by atoms with Gasteiger partial charge in [0.15, 0.2) is 9.84 Å². The van der Waals surface area contributed by atoms with Crippen molar-refractivity contribution in [3.8, 4) is 0 Å². The molecule has 0 aromatic carbocycles. The second-order valence-electron chi connectivity index (χ2n) is 11.3. The Bertz CT molecular complexity index is 820. The Kier molecular flexibility index (Phi) is 8.57. The molecule has 4 fully saturated rings. The lowest BCUT2D eigenvalue weighted by Crippen LogP contribution is -2.52. The number of amidine groups is 1. The lowest BCUT2D eigenvalue weighted by atomic mass is 9.78. The topological polar surface area (TPSA) is 134 Å². The summed E-state index contributed by atoms with van der Waals surface area (Å²) in [5.74, 6) is 1.57. The zero-order chi connectivity index (χ0) is 24.3. The molecule has 34 heavy (non-hydrogen) atoms. The molecule has 2 heterocycles. The minimum absolute atomic E-state index is 0.0413. The van der Waals surface area contributed by atoms with Crippen molar-refractivity contribution >= 4 is 21.6 Å². The summed E-state index contributed by atoms with van der Waals surface area (Å²) in [5.41, 5.74) is 11.6. The number of nitrogens with zero attached hydrogens (tertiary/aromatic N) is 2. The Labute approximate surface area is 205 Å². The lowest BCUT2D eigenvalue weighted by Gasteiger charge is -2.39. The Hall–Kier alpha value is -1.19. The van der Waals surface area contributed by atoms with Crippen molar-refractivity contribution in [2.24, 2.45) is 29.2 Å². The van der Waals surface area contributed by atoms with E-state index >= 15 is 0 Å². The van der Waals surface area contributed by atoms with Gasteiger partial charge >= 0.3 is 0 Å². The number of nitrogens with one attached hydrogen (secondary N) is 1. The third kappa shape index (κ3) is 5.78. The molecule has 194 valence electrons. The average molecular weight is 496 g/mol. The fraction of sp³-hybridized carbons (Fsp3) is 0.920. The van der Waals surface area contributed by atoms with Gasteiger partial charge in [-0.05, 0) is 76.2 Å². The number of carbonyl (C=O) groups excluding carboxylic acids is 1. The van der Waals surface area contributed by atoms with Crippen molar-refractivity contribution in [2.75, 3.05) is 31.9 Å². The molecule has 9 heteroatoms. The minimum atomic E-state index is -3.17. The molecule has 4 atom stereocenters. The third-order valence-electron chi connectivity index (χ3n) is 9.23. The minimum Gasteiger partial charge on any atom is -0.387 e. The maximum Gasteiger partial charge on any atom is 0.239 e. The second kappa shape index (κ2) is 11.2. The second-order valence-corrected chi connectivity index (χ2v) is 13.7. The molecule has 8 nitrogen and oxygen atoms in total. The maximum atomic E-state index is 13.7. The van der Waals surface area contributed by atoms with Gasteiger partial charge in [-0.3, -0.25) is 15.1 Å². The van der Waals surface area contributed by atoms with Crippen LogP contribution in [0.3, 0.4) is 0 Å². The van der Waals surface area contributed by atoms with Crippen LogP contribution >= 0.6 is 0 Å². The van der Waals surface area contributed by atoms with Gasteiger partial charge in [0, 0.05) is 31.6 Å². The van der Waals surface area contributed by atoms with Crippen molar-refractivity contribution in [1.82, 2.24) is 9.80 Å². The van der Waals surface area contributed by atoms with E-state index in [-0.39, 0.29) is 40.7 Å². The van der Waals surface area contributed by atoms with Crippen LogP contribution in [0, 0.1) is 23.2 Å². The summed E-state index contributed by atoms with van der Waals surface area (Å²) in [6.07, 6.45) is 11.2. The smallest absolute Gasteiger partial charge is 0.239 e. The largest absolute Gasteiger partial charge is 0.387 e. The normalized spacial score (nSPS) is 32.0. The summed E-state index contributed by atoms with van der Waals surface area (Å²) in [4.78, 5) is 17.9. The Morgan fingerprint density at radius 1 is 0.971 bits per heavy atom. The fourth-order valence-electron chi connectivity index (χ4n) is 7.10. The van der Waals surface area contributed by atoms with E-state index in [4.69, 9.17) is 16.9 Å². The molecule has 2 saturated heterocycles. The zero-order valence-corrected chi connectivity index (χ0v) is 21.5. The molecule has 1 amide bonds. The van der Waals surface area contributed by atoms with Crippen LogP contribution in [0.5, 0.6) is 0 Å². The van der Waals surface area contributed by atoms with Gasteiger partial charge in [0.05, 0.1) is 22.9 Å². The average Bonchev–Trinajstić information content (AvgIpc) is 3.21. The molecular weight excluding hydrogens is 450 g/mol. The van der Waals surface area contributed by atoms with Crippen molar-refractivity contribution in [3.63, 3.8) is 0 Å². The molecule has 0 aromatic rings. The van der Waals surface area contributed by atoms with E-state index in [0.29, 0.717) is 24.9 Å². The van der Waals surface area contributed by atoms with Crippen LogP contribution in [0.2, 0.25) is 0 Å². The lowest BCUT2D eigenvalue weighted by molar-refractivity contribution is -0.137. The third-order valence-corrected chi connectivity index (χ3v) is 11.5. The van der Waals surface area contributed by atoms with Crippen molar-refractivity contribution in [1.29, 1.82) is 5.41 Å². The van der Waals surface area contributed by atoms with Gasteiger partial charge in [0.2, 0.25) is 5.91 Å². The quantitative estimate of drug-likeness (QED) is 0.349. The van der Waals surface area contributed by atoms with Gasteiger partial charge < -0.3 is 16.4 Å². The van der Waals surface area contributed by atoms with E-state index in [1.165, 1.54) is 0 Å². The van der Waals surface area contributed by atoms with Crippen LogP contribution in [0.1, 0.15) is 77.0 Å². The summed E-state index contributed by atoms with van der Waals surface area (Å²) in [6.45, 7) is 2.68. The zero-order valence-electron chi connectivity index (χ0n) is 20.7. The highest BCUT2D eigenvalue weighted by atomic mass is 32.2. The molecule has 4 rings (SSSR count). The van der Waals surface area contributed by atoms with Gasteiger partial charge in [-0.15, -0.1) is 0 Å². The highest BCUT2D eigenvalue weighted by molar-refractivity contribution is 7.92. The van der Waals surface area contributed by atoms with E-state index in [1.54, 1.807) is 0 Å². The molecule has 4 aliphatic rings. The first-order valence-corrected chi connectivity index (χ1v) is 15.3. The number of amides is 1. The summed E-state index contributed by atoms with van der Waals surface area (Å²) in [7, 11) is -3.17. The number of rotatable bonds is 8. The highest BCUT2D eigenvalue weighted by Gasteiger charge is 2.48. The molecular formula is C25H45N5O3S. The highest BCUT2D eigenvalue weighted by Crippen LogP contribution is 2.42. The Morgan fingerprint density at radius 3 is 2.32 bits per heavy atom. The van der Waals surface area contributed by atoms with Gasteiger partial charge in [-0.1, -0.05) is 19.3 Å². The van der Waals surface area contributed by atoms with Crippen LogP contribution < -0.4 is 11.5 Å². The molecule has 5 N–H and O–H groups in total. The van der Waals surface area contributed by atoms with Crippen molar-refractivity contribution < 1.29 is 13.2 Å². The van der Waals surface area contributed by atoms with Gasteiger partial charge in [0.1, 0.15) is 0 Å².